The SMILES string of the molecule is CCOCC1NCCOC12CCCN(C)CC2. The normalized spacial score (nSPS) is 36.0. The van der Waals surface area contributed by atoms with Gasteiger partial charge < -0.3 is 19.7 Å². The van der Waals surface area contributed by atoms with Crippen molar-refractivity contribution >= 4 is 0 Å². The lowest BCUT2D eigenvalue weighted by atomic mass is 9.85. The van der Waals surface area contributed by atoms with Crippen LogP contribution in [0.5, 0.6) is 0 Å². The molecule has 0 aromatic heterocycles. The Morgan fingerprint density at radius 2 is 2.29 bits per heavy atom. The fraction of sp³-hybridized carbons (Fsp3) is 1.00. The third-order valence-electron chi connectivity index (χ3n) is 4.06. The van der Waals surface area contributed by atoms with Crippen LogP contribution in [-0.2, 0) is 9.47 Å². The van der Waals surface area contributed by atoms with E-state index in [0.29, 0.717) is 6.04 Å². The maximum atomic E-state index is 6.18. The molecule has 2 heterocycles. The molecule has 17 heavy (non-hydrogen) atoms. The van der Waals surface area contributed by atoms with Crippen LogP contribution in [0.15, 0.2) is 0 Å². The van der Waals surface area contributed by atoms with E-state index in [4.69, 9.17) is 9.47 Å². The predicted molar refractivity (Wildman–Crippen MR) is 68.3 cm³/mol. The maximum absolute atomic E-state index is 6.18. The largest absolute Gasteiger partial charge is 0.380 e. The Kier molecular flexibility index (Phi) is 4.79. The van der Waals surface area contributed by atoms with Crippen molar-refractivity contribution in [3.63, 3.8) is 0 Å². The van der Waals surface area contributed by atoms with Gasteiger partial charge in [0, 0.05) is 19.7 Å². The highest BCUT2D eigenvalue weighted by Crippen LogP contribution is 2.31. The van der Waals surface area contributed by atoms with E-state index in [1.54, 1.807) is 0 Å². The molecule has 0 saturated carbocycles. The molecule has 0 bridgehead atoms. The van der Waals surface area contributed by atoms with Crippen molar-refractivity contribution in [2.24, 2.45) is 0 Å². The monoisotopic (exact) mass is 242 g/mol. The lowest BCUT2D eigenvalue weighted by molar-refractivity contribution is -0.120. The van der Waals surface area contributed by atoms with Crippen LogP contribution in [0.2, 0.25) is 0 Å². The fourth-order valence-corrected chi connectivity index (χ4v) is 2.98. The first-order chi connectivity index (χ1) is 8.27. The molecule has 2 saturated heterocycles. The van der Waals surface area contributed by atoms with Crippen LogP contribution in [0, 0.1) is 0 Å². The van der Waals surface area contributed by atoms with E-state index in [1.807, 2.05) is 0 Å². The Morgan fingerprint density at radius 3 is 3.12 bits per heavy atom. The molecule has 4 nitrogen and oxygen atoms in total. The molecule has 1 N–H and O–H groups in total. The molecule has 2 aliphatic heterocycles. The minimum atomic E-state index is 0.0121. The summed E-state index contributed by atoms with van der Waals surface area (Å²) in [6.45, 7) is 7.73. The highest BCUT2D eigenvalue weighted by Gasteiger charge is 2.42. The van der Waals surface area contributed by atoms with Gasteiger partial charge in [-0.1, -0.05) is 0 Å². The Bertz CT molecular complexity index is 237. The van der Waals surface area contributed by atoms with Crippen LogP contribution >= 0.6 is 0 Å². The molecule has 2 aliphatic rings. The third kappa shape index (κ3) is 3.19. The summed E-state index contributed by atoms with van der Waals surface area (Å²) in [6, 6.07) is 0.364. The van der Waals surface area contributed by atoms with E-state index in [2.05, 4.69) is 24.2 Å². The van der Waals surface area contributed by atoms with Crippen molar-refractivity contribution in [2.45, 2.75) is 37.8 Å². The summed E-state index contributed by atoms with van der Waals surface area (Å²) in [5.41, 5.74) is 0.0121. The van der Waals surface area contributed by atoms with Gasteiger partial charge in [0.15, 0.2) is 0 Å². The number of nitrogens with zero attached hydrogens (tertiary/aromatic N) is 1. The summed E-state index contributed by atoms with van der Waals surface area (Å²) < 4.78 is 11.8. The lowest BCUT2D eigenvalue weighted by Gasteiger charge is -2.44. The van der Waals surface area contributed by atoms with E-state index >= 15 is 0 Å². The topological polar surface area (TPSA) is 33.7 Å². The van der Waals surface area contributed by atoms with Gasteiger partial charge in [-0.05, 0) is 39.8 Å². The average molecular weight is 242 g/mol. The minimum Gasteiger partial charge on any atom is -0.380 e. The van der Waals surface area contributed by atoms with Gasteiger partial charge in [-0.3, -0.25) is 0 Å². The zero-order chi connectivity index (χ0) is 12.1. The molecule has 2 fully saturated rings. The van der Waals surface area contributed by atoms with Gasteiger partial charge in [0.25, 0.3) is 0 Å². The molecule has 2 unspecified atom stereocenters. The van der Waals surface area contributed by atoms with Crippen LogP contribution in [0.1, 0.15) is 26.2 Å². The van der Waals surface area contributed by atoms with E-state index in [9.17, 15) is 0 Å². The second kappa shape index (κ2) is 6.14. The third-order valence-corrected chi connectivity index (χ3v) is 4.06. The quantitative estimate of drug-likeness (QED) is 0.796. The molecule has 4 heteroatoms. The maximum Gasteiger partial charge on any atom is 0.0870 e. The van der Waals surface area contributed by atoms with Crippen LogP contribution in [0.25, 0.3) is 0 Å². The predicted octanol–water partition coefficient (Wildman–Crippen LogP) is 0.866. The van der Waals surface area contributed by atoms with Crippen LogP contribution in [0.3, 0.4) is 0 Å². The van der Waals surface area contributed by atoms with Gasteiger partial charge >= 0.3 is 0 Å². The second-order valence-corrected chi connectivity index (χ2v) is 5.24. The Morgan fingerprint density at radius 1 is 1.41 bits per heavy atom. The summed E-state index contributed by atoms with van der Waals surface area (Å²) in [5.74, 6) is 0. The van der Waals surface area contributed by atoms with Gasteiger partial charge in [0.1, 0.15) is 0 Å². The highest BCUT2D eigenvalue weighted by molar-refractivity contribution is 4.97. The van der Waals surface area contributed by atoms with Crippen molar-refractivity contribution in [3.8, 4) is 0 Å². The Hall–Kier alpha value is -0.160. The highest BCUT2D eigenvalue weighted by atomic mass is 16.5. The van der Waals surface area contributed by atoms with Crippen LogP contribution < -0.4 is 5.32 Å². The first kappa shape index (κ1) is 13.3. The molecule has 2 rings (SSSR count). The van der Waals surface area contributed by atoms with Crippen molar-refractivity contribution < 1.29 is 9.47 Å². The molecular weight excluding hydrogens is 216 g/mol. The van der Waals surface area contributed by atoms with E-state index < -0.39 is 0 Å². The summed E-state index contributed by atoms with van der Waals surface area (Å²) in [6.07, 6.45) is 3.50. The average Bonchev–Trinajstić information content (AvgIpc) is 2.52. The smallest absolute Gasteiger partial charge is 0.0870 e. The molecule has 0 aliphatic carbocycles. The minimum absolute atomic E-state index is 0.0121. The van der Waals surface area contributed by atoms with Crippen molar-refractivity contribution in [3.05, 3.63) is 0 Å². The van der Waals surface area contributed by atoms with Gasteiger partial charge in [0.05, 0.1) is 24.9 Å². The van der Waals surface area contributed by atoms with Gasteiger partial charge in [-0.2, -0.15) is 0 Å². The van der Waals surface area contributed by atoms with E-state index in [-0.39, 0.29) is 5.60 Å². The molecule has 1 spiro atoms. The molecule has 100 valence electrons. The summed E-state index contributed by atoms with van der Waals surface area (Å²) >= 11 is 0. The first-order valence-corrected chi connectivity index (χ1v) is 6.90. The molecule has 2 atom stereocenters. The van der Waals surface area contributed by atoms with Gasteiger partial charge in [0.2, 0.25) is 0 Å². The zero-order valence-electron chi connectivity index (χ0n) is 11.2. The van der Waals surface area contributed by atoms with Crippen molar-refractivity contribution in [1.82, 2.24) is 10.2 Å². The van der Waals surface area contributed by atoms with E-state index in [1.165, 1.54) is 13.0 Å². The molecular formula is C13H26N2O2. The second-order valence-electron chi connectivity index (χ2n) is 5.24. The number of nitrogens with one attached hydrogen (secondary N) is 1. The van der Waals surface area contributed by atoms with Crippen LogP contribution in [0.4, 0.5) is 0 Å². The standard InChI is InChI=1S/C13H26N2O2/c1-3-16-11-12-13(17-10-7-14-12)5-4-8-15(2)9-6-13/h12,14H,3-11H2,1-2H3. The first-order valence-electron chi connectivity index (χ1n) is 6.90. The van der Waals surface area contributed by atoms with Crippen molar-refractivity contribution in [1.29, 1.82) is 0 Å². The molecule has 0 amide bonds. The summed E-state index contributed by atoms with van der Waals surface area (Å²) in [4.78, 5) is 2.41. The van der Waals surface area contributed by atoms with E-state index in [0.717, 1.165) is 45.8 Å². The summed E-state index contributed by atoms with van der Waals surface area (Å²) in [5, 5.41) is 3.59. The Labute approximate surface area is 105 Å². The number of morpholine rings is 1. The fourth-order valence-electron chi connectivity index (χ4n) is 2.98. The number of hydrogen-bond acceptors (Lipinski definition) is 4. The molecule has 0 radical (unpaired) electrons. The Balaban J connectivity index is 2.01. The number of rotatable bonds is 3. The lowest BCUT2D eigenvalue weighted by Crippen LogP contribution is -2.60. The van der Waals surface area contributed by atoms with Gasteiger partial charge in [-0.15, -0.1) is 0 Å². The van der Waals surface area contributed by atoms with Gasteiger partial charge in [-0.25, -0.2) is 0 Å². The van der Waals surface area contributed by atoms with Crippen molar-refractivity contribution in [2.75, 3.05) is 46.5 Å². The molecule has 0 aromatic rings. The number of likely N-dealkylation sites (tertiary alicyclic amines) is 1. The van der Waals surface area contributed by atoms with Crippen LogP contribution in [-0.4, -0.2) is 63.0 Å². The number of hydrogen-bond donors (Lipinski definition) is 1. The number of ether oxygens (including phenoxy) is 2. The molecule has 0 aromatic carbocycles. The summed E-state index contributed by atoms with van der Waals surface area (Å²) in [7, 11) is 2.20. The zero-order valence-corrected chi connectivity index (χ0v) is 11.2.